The Balaban J connectivity index is 2.33. The monoisotopic (exact) mass is 520 g/mol. The highest BCUT2D eigenvalue weighted by Gasteiger charge is 2.65. The first kappa shape index (κ1) is 26.9. The van der Waals surface area contributed by atoms with Crippen molar-refractivity contribution in [2.45, 2.75) is 29.8 Å². The molecular formula is C21H24F8N2S2. The number of benzene rings is 2. The zero-order chi connectivity index (χ0) is 25.7. The highest BCUT2D eigenvalue weighted by molar-refractivity contribution is 8.45. The Morgan fingerprint density at radius 2 is 1.58 bits per heavy atom. The number of hydrogen-bond donors (Lipinski definition) is 2. The fourth-order valence-corrected chi connectivity index (χ4v) is 6.29. The molecule has 0 bridgehead atoms. The molecule has 3 N–H and O–H groups in total. The van der Waals surface area contributed by atoms with Crippen LogP contribution in [0.1, 0.15) is 19.4 Å². The molecule has 2 nitrogen and oxygen atoms in total. The summed E-state index contributed by atoms with van der Waals surface area (Å²) in [6.45, 7) is 7.10. The van der Waals surface area contributed by atoms with Gasteiger partial charge in [-0.05, 0) is 47.0 Å². The highest BCUT2D eigenvalue weighted by atomic mass is 32.5. The summed E-state index contributed by atoms with van der Waals surface area (Å²) < 4.78 is 105. The van der Waals surface area contributed by atoms with Crippen LogP contribution in [0.3, 0.4) is 0 Å². The van der Waals surface area contributed by atoms with Crippen LogP contribution in [-0.2, 0) is 6.18 Å². The molecule has 2 aromatic rings. The number of anilines is 2. The van der Waals surface area contributed by atoms with Crippen LogP contribution in [0, 0.1) is 5.41 Å². The number of nitrogen functional groups attached to an aromatic ring is 1. The Hall–Kier alpha value is -2.34. The van der Waals surface area contributed by atoms with Gasteiger partial charge in [-0.1, -0.05) is 57.7 Å². The molecule has 186 valence electrons. The molecule has 0 saturated carbocycles. The van der Waals surface area contributed by atoms with E-state index < -0.39 is 47.2 Å². The molecule has 0 fully saturated rings. The standard InChI is InChI=1S/C21H24F8N2S2/c1-14(31-15-9-10-19(30)18(11-15)21(22,23)24)20(2,3)13-32(4,5)16-7-6-8-17(12-16)33(25,26,27,28)29/h6-12,31H,1,4-5,13,30H2,2-3H3. The van der Waals surface area contributed by atoms with Crippen LogP contribution in [-0.4, -0.2) is 17.5 Å². The third-order valence-electron chi connectivity index (χ3n) is 4.86. The first-order valence-corrected chi connectivity index (χ1v) is 13.3. The Labute approximate surface area is 187 Å². The van der Waals surface area contributed by atoms with Crippen LogP contribution in [0.15, 0.2) is 64.5 Å². The lowest BCUT2D eigenvalue weighted by Crippen LogP contribution is -2.24. The fraction of sp³-hybridized carbons (Fsp3) is 0.238. The molecule has 0 aromatic heterocycles. The molecule has 0 amide bonds. The summed E-state index contributed by atoms with van der Waals surface area (Å²) in [5.74, 6) is 7.77. The molecule has 0 spiro atoms. The van der Waals surface area contributed by atoms with Crippen molar-refractivity contribution in [1.82, 2.24) is 0 Å². The second-order valence-corrected chi connectivity index (χ2v) is 13.7. The largest absolute Gasteiger partial charge is 0.418 e. The van der Waals surface area contributed by atoms with E-state index in [0.29, 0.717) is 12.1 Å². The molecule has 2 rings (SSSR count). The molecule has 0 heterocycles. The third kappa shape index (κ3) is 6.59. The first-order chi connectivity index (χ1) is 14.4. The number of rotatable bonds is 7. The van der Waals surface area contributed by atoms with Crippen LogP contribution < -0.4 is 11.1 Å². The Morgan fingerprint density at radius 3 is 2.09 bits per heavy atom. The van der Waals surface area contributed by atoms with E-state index in [1.165, 1.54) is 12.1 Å². The number of halogens is 8. The average Bonchev–Trinajstić information content (AvgIpc) is 2.59. The Bertz CT molecular complexity index is 1200. The molecule has 12 heteroatoms. The van der Waals surface area contributed by atoms with Gasteiger partial charge in [0.05, 0.1) is 5.56 Å². The van der Waals surface area contributed by atoms with Gasteiger partial charge in [-0.3, -0.25) is 0 Å². The summed E-state index contributed by atoms with van der Waals surface area (Å²) in [7, 11) is -12.4. The number of nitrogens with one attached hydrogen (secondary N) is 1. The van der Waals surface area contributed by atoms with Gasteiger partial charge in [-0.15, -0.1) is 0 Å². The zero-order valence-electron chi connectivity index (χ0n) is 17.8. The smallest absolute Gasteiger partial charge is 0.398 e. The van der Waals surface area contributed by atoms with Crippen molar-refractivity contribution >= 4 is 42.5 Å². The van der Waals surface area contributed by atoms with Gasteiger partial charge in [0.15, 0.2) is 0 Å². The lowest BCUT2D eigenvalue weighted by Gasteiger charge is -2.41. The molecule has 0 saturated heterocycles. The summed E-state index contributed by atoms with van der Waals surface area (Å²) in [4.78, 5) is -2.13. The molecule has 2 aromatic carbocycles. The molecular weight excluding hydrogens is 496 g/mol. The minimum absolute atomic E-state index is 0.0106. The predicted octanol–water partition coefficient (Wildman–Crippen LogP) is 8.62. The van der Waals surface area contributed by atoms with Crippen LogP contribution in [0.25, 0.3) is 0 Å². The van der Waals surface area contributed by atoms with Gasteiger partial charge in [-0.2, -0.15) is 22.4 Å². The molecule has 0 radical (unpaired) electrons. The van der Waals surface area contributed by atoms with Gasteiger partial charge >= 0.3 is 16.4 Å². The van der Waals surface area contributed by atoms with Crippen molar-refractivity contribution in [2.24, 2.45) is 5.41 Å². The van der Waals surface area contributed by atoms with Crippen molar-refractivity contribution in [3.8, 4) is 0 Å². The van der Waals surface area contributed by atoms with E-state index in [9.17, 15) is 32.6 Å². The van der Waals surface area contributed by atoms with Gasteiger partial charge in [-0.25, -0.2) is 0 Å². The highest BCUT2D eigenvalue weighted by Crippen LogP contribution is 3.02. The number of allylic oxidation sites excluding steroid dienone is 1. The van der Waals surface area contributed by atoms with Gasteiger partial charge in [0.2, 0.25) is 0 Å². The molecule has 0 aliphatic heterocycles. The topological polar surface area (TPSA) is 38.0 Å². The summed E-state index contributed by atoms with van der Waals surface area (Å²) in [5, 5.41) is 2.76. The van der Waals surface area contributed by atoms with Crippen molar-refractivity contribution in [3.05, 3.63) is 60.3 Å². The van der Waals surface area contributed by atoms with E-state index in [0.717, 1.165) is 18.2 Å². The summed E-state index contributed by atoms with van der Waals surface area (Å²) in [5.41, 5.74) is 3.22. The van der Waals surface area contributed by atoms with Gasteiger partial charge in [0.1, 0.15) is 4.90 Å². The van der Waals surface area contributed by atoms with Crippen LogP contribution >= 0.6 is 19.4 Å². The predicted molar refractivity (Wildman–Crippen MR) is 125 cm³/mol. The maximum absolute atomic E-state index is 13.2. The van der Waals surface area contributed by atoms with Crippen molar-refractivity contribution < 1.29 is 32.6 Å². The Morgan fingerprint density at radius 1 is 1.00 bits per heavy atom. The lowest BCUT2D eigenvalue weighted by atomic mass is 9.92. The van der Waals surface area contributed by atoms with Gasteiger partial charge in [0, 0.05) is 22.5 Å². The average molecular weight is 521 g/mol. The molecule has 33 heavy (non-hydrogen) atoms. The van der Waals surface area contributed by atoms with Gasteiger partial charge < -0.3 is 11.1 Å². The van der Waals surface area contributed by atoms with E-state index in [-0.39, 0.29) is 22.0 Å². The van der Waals surface area contributed by atoms with Crippen LogP contribution in [0.5, 0.6) is 0 Å². The fourth-order valence-electron chi connectivity index (χ4n) is 3.07. The van der Waals surface area contributed by atoms with Crippen molar-refractivity contribution in [1.29, 1.82) is 0 Å². The molecule has 0 aliphatic carbocycles. The van der Waals surface area contributed by atoms with Crippen LogP contribution in [0.4, 0.5) is 44.0 Å². The summed E-state index contributed by atoms with van der Waals surface area (Å²) in [6.07, 6.45) is -4.67. The van der Waals surface area contributed by atoms with Crippen LogP contribution in [0.2, 0.25) is 0 Å². The van der Waals surface area contributed by atoms with E-state index in [2.05, 4.69) is 23.6 Å². The minimum Gasteiger partial charge on any atom is -0.398 e. The first-order valence-electron chi connectivity index (χ1n) is 9.17. The van der Waals surface area contributed by atoms with Crippen molar-refractivity contribution in [3.63, 3.8) is 0 Å². The van der Waals surface area contributed by atoms with E-state index in [1.807, 2.05) is 0 Å². The summed E-state index contributed by atoms with van der Waals surface area (Å²) >= 11 is 0. The normalized spacial score (nSPS) is 15.5. The number of hydrogen-bond acceptors (Lipinski definition) is 2. The maximum Gasteiger partial charge on any atom is 0.418 e. The Kier molecular flexibility index (Phi) is 5.98. The maximum atomic E-state index is 13.2. The summed E-state index contributed by atoms with van der Waals surface area (Å²) in [6, 6.07) is 5.97. The van der Waals surface area contributed by atoms with Gasteiger partial charge in [0.25, 0.3) is 0 Å². The second kappa shape index (κ2) is 7.33. The molecule has 0 atom stereocenters. The quantitative estimate of drug-likeness (QED) is 0.218. The lowest BCUT2D eigenvalue weighted by molar-refractivity contribution is -0.136. The number of nitrogens with two attached hydrogens (primary N) is 1. The van der Waals surface area contributed by atoms with Crippen molar-refractivity contribution in [2.75, 3.05) is 16.8 Å². The van der Waals surface area contributed by atoms with E-state index >= 15 is 0 Å². The number of alkyl halides is 3. The second-order valence-electron chi connectivity index (χ2n) is 8.42. The minimum atomic E-state index is -9.89. The SMILES string of the molecule is C=C(Nc1ccc(N)c(C(F)(F)F)c1)C(C)(C)CS(=C)(=C)c1cccc(S(F)(F)(F)(F)F)c1. The van der Waals surface area contributed by atoms with E-state index in [4.69, 9.17) is 5.73 Å². The van der Waals surface area contributed by atoms with E-state index in [1.54, 1.807) is 13.8 Å². The third-order valence-corrected chi connectivity index (χ3v) is 8.53. The molecule has 0 aliphatic rings. The molecule has 0 unspecified atom stereocenters. The zero-order valence-corrected chi connectivity index (χ0v) is 19.4.